The average Bonchev–Trinajstić information content (AvgIpc) is 2.78. The Morgan fingerprint density at radius 3 is 2.16 bits per heavy atom. The molecule has 4 rings (SSSR count). The molecule has 1 aliphatic rings. The number of allylic oxidation sites excluding steroid dienone is 2. The molecule has 0 aromatic heterocycles. The van der Waals surface area contributed by atoms with E-state index in [2.05, 4.69) is 4.40 Å². The molecule has 0 bridgehead atoms. The van der Waals surface area contributed by atoms with Gasteiger partial charge in [0, 0.05) is 16.0 Å². The number of ketones is 1. The summed E-state index contributed by atoms with van der Waals surface area (Å²) in [5, 5.41) is 0. The molecule has 0 radical (unpaired) electrons. The first-order valence-corrected chi connectivity index (χ1v) is 11.7. The van der Waals surface area contributed by atoms with Gasteiger partial charge in [-0.2, -0.15) is 12.8 Å². The SMILES string of the molecule is COc1ccc(S(=O)(=O)N=C2C=C(Sc3ccc(C)cc3)C(=O)c3ccccc32)cc1. The first-order chi connectivity index (χ1) is 14.9. The number of thioether (sulfide) groups is 1. The van der Waals surface area contributed by atoms with Crippen LogP contribution in [-0.4, -0.2) is 27.0 Å². The number of nitrogens with zero attached hydrogens (tertiary/aromatic N) is 1. The second-order valence-corrected chi connectivity index (χ2v) is 9.64. The van der Waals surface area contributed by atoms with E-state index in [0.717, 1.165) is 10.5 Å². The number of carbonyl (C=O) groups is 1. The molecular formula is C24H19NO4S2. The van der Waals surface area contributed by atoms with Crippen LogP contribution in [0.2, 0.25) is 0 Å². The first-order valence-electron chi connectivity index (χ1n) is 9.47. The second kappa shape index (κ2) is 8.53. The number of benzene rings is 3. The van der Waals surface area contributed by atoms with E-state index in [9.17, 15) is 13.2 Å². The molecule has 0 atom stereocenters. The Bertz CT molecular complexity index is 1310. The lowest BCUT2D eigenvalue weighted by Crippen LogP contribution is -2.17. The van der Waals surface area contributed by atoms with Gasteiger partial charge in [0.2, 0.25) is 0 Å². The quantitative estimate of drug-likeness (QED) is 0.545. The summed E-state index contributed by atoms with van der Waals surface area (Å²) in [5.74, 6) is 0.402. The van der Waals surface area contributed by atoms with Gasteiger partial charge in [-0.05, 0) is 49.4 Å². The van der Waals surface area contributed by atoms with Crippen molar-refractivity contribution in [2.24, 2.45) is 4.40 Å². The van der Waals surface area contributed by atoms with Crippen LogP contribution in [0.1, 0.15) is 21.5 Å². The van der Waals surface area contributed by atoms with E-state index in [1.807, 2.05) is 31.2 Å². The molecule has 0 saturated carbocycles. The van der Waals surface area contributed by atoms with Gasteiger partial charge < -0.3 is 4.74 Å². The summed E-state index contributed by atoms with van der Waals surface area (Å²) in [6.45, 7) is 1.99. The monoisotopic (exact) mass is 449 g/mol. The number of carbonyl (C=O) groups excluding carboxylic acids is 1. The molecule has 3 aromatic rings. The molecule has 1 aliphatic carbocycles. The lowest BCUT2D eigenvalue weighted by atomic mass is 9.94. The van der Waals surface area contributed by atoms with Gasteiger partial charge in [0.25, 0.3) is 10.0 Å². The summed E-state index contributed by atoms with van der Waals surface area (Å²) in [7, 11) is -2.47. The zero-order valence-corrected chi connectivity index (χ0v) is 18.5. The molecule has 0 unspecified atom stereocenters. The highest BCUT2D eigenvalue weighted by molar-refractivity contribution is 8.04. The summed E-state index contributed by atoms with van der Waals surface area (Å²) in [4.78, 5) is 14.4. The van der Waals surface area contributed by atoms with Crippen LogP contribution >= 0.6 is 11.8 Å². The number of hydrogen-bond acceptors (Lipinski definition) is 5. The number of methoxy groups -OCH3 is 1. The normalized spacial score (nSPS) is 14.8. The Morgan fingerprint density at radius 2 is 1.52 bits per heavy atom. The second-order valence-electron chi connectivity index (χ2n) is 6.93. The minimum Gasteiger partial charge on any atom is -0.497 e. The molecule has 0 spiro atoms. The van der Waals surface area contributed by atoms with Crippen molar-refractivity contribution in [3.05, 3.63) is 100 Å². The number of sulfonamides is 1. The van der Waals surface area contributed by atoms with Gasteiger partial charge in [0.05, 0.1) is 22.6 Å². The Morgan fingerprint density at radius 1 is 0.871 bits per heavy atom. The predicted octanol–water partition coefficient (Wildman–Crippen LogP) is 5.05. The highest BCUT2D eigenvalue weighted by Crippen LogP contribution is 2.34. The molecule has 7 heteroatoms. The minimum absolute atomic E-state index is 0.0521. The topological polar surface area (TPSA) is 72.8 Å². The van der Waals surface area contributed by atoms with Gasteiger partial charge in [-0.3, -0.25) is 4.79 Å². The molecule has 0 amide bonds. The van der Waals surface area contributed by atoms with Crippen molar-refractivity contribution < 1.29 is 17.9 Å². The van der Waals surface area contributed by atoms with Crippen molar-refractivity contribution in [2.45, 2.75) is 16.7 Å². The smallest absolute Gasteiger partial charge is 0.282 e. The molecule has 0 N–H and O–H groups in total. The third-order valence-corrected chi connectivity index (χ3v) is 7.10. The van der Waals surface area contributed by atoms with Crippen molar-refractivity contribution in [1.82, 2.24) is 0 Å². The van der Waals surface area contributed by atoms with Gasteiger partial charge in [-0.15, -0.1) is 0 Å². The van der Waals surface area contributed by atoms with Crippen LogP contribution in [0.4, 0.5) is 0 Å². The van der Waals surface area contributed by atoms with Crippen molar-refractivity contribution in [2.75, 3.05) is 7.11 Å². The number of ether oxygens (including phenoxy) is 1. The number of Topliss-reactive ketones (excluding diaryl/α,β-unsaturated/α-hetero) is 1. The van der Waals surface area contributed by atoms with Crippen LogP contribution < -0.4 is 4.74 Å². The standard InChI is InChI=1S/C24H19NO4S2/c1-16-7-11-18(12-8-16)30-23-15-22(20-5-3-4-6-21(20)24(23)26)25-31(27,28)19-13-9-17(29-2)10-14-19/h3-15H,1-2H3. The molecule has 0 saturated heterocycles. The molecule has 156 valence electrons. The van der Waals surface area contributed by atoms with E-state index in [4.69, 9.17) is 4.74 Å². The molecule has 0 heterocycles. The molecule has 0 fully saturated rings. The Balaban J connectivity index is 1.78. The van der Waals surface area contributed by atoms with Gasteiger partial charge in [0.1, 0.15) is 5.75 Å². The van der Waals surface area contributed by atoms with Gasteiger partial charge in [-0.25, -0.2) is 0 Å². The fraction of sp³-hybridized carbons (Fsp3) is 0.0833. The summed E-state index contributed by atoms with van der Waals surface area (Å²) in [5.41, 5.74) is 2.29. The summed E-state index contributed by atoms with van der Waals surface area (Å²) >= 11 is 1.29. The molecule has 3 aromatic carbocycles. The molecule has 0 aliphatic heterocycles. The predicted molar refractivity (Wildman–Crippen MR) is 123 cm³/mol. The van der Waals surface area contributed by atoms with Gasteiger partial charge >= 0.3 is 0 Å². The number of rotatable bonds is 5. The fourth-order valence-electron chi connectivity index (χ4n) is 3.12. The summed E-state index contributed by atoms with van der Waals surface area (Å²) < 4.78 is 35.1. The molecule has 31 heavy (non-hydrogen) atoms. The minimum atomic E-state index is -3.98. The van der Waals surface area contributed by atoms with Crippen molar-refractivity contribution >= 4 is 33.3 Å². The van der Waals surface area contributed by atoms with Crippen molar-refractivity contribution in [3.63, 3.8) is 0 Å². The van der Waals surface area contributed by atoms with Gasteiger partial charge in [0.15, 0.2) is 5.78 Å². The molecule has 5 nitrogen and oxygen atoms in total. The summed E-state index contributed by atoms with van der Waals surface area (Å²) in [6.07, 6.45) is 1.55. The lowest BCUT2D eigenvalue weighted by Gasteiger charge is -2.17. The van der Waals surface area contributed by atoms with Crippen LogP contribution in [0.3, 0.4) is 0 Å². The van der Waals surface area contributed by atoms with E-state index in [-0.39, 0.29) is 16.4 Å². The summed E-state index contributed by atoms with van der Waals surface area (Å²) in [6, 6.07) is 20.7. The lowest BCUT2D eigenvalue weighted by molar-refractivity contribution is 0.104. The van der Waals surface area contributed by atoms with Crippen LogP contribution in [0.25, 0.3) is 0 Å². The Kier molecular flexibility index (Phi) is 5.80. The third-order valence-electron chi connectivity index (χ3n) is 4.76. The highest BCUT2D eigenvalue weighted by Gasteiger charge is 2.26. The van der Waals surface area contributed by atoms with Gasteiger partial charge in [-0.1, -0.05) is 53.7 Å². The maximum absolute atomic E-state index is 13.0. The Labute approximate surface area is 185 Å². The van der Waals surface area contributed by atoms with Crippen molar-refractivity contribution in [1.29, 1.82) is 0 Å². The van der Waals surface area contributed by atoms with Crippen molar-refractivity contribution in [3.8, 4) is 5.75 Å². The van der Waals surface area contributed by atoms with Crippen LogP contribution in [0.5, 0.6) is 5.75 Å². The zero-order valence-electron chi connectivity index (χ0n) is 16.9. The first kappa shape index (κ1) is 21.1. The van der Waals surface area contributed by atoms with E-state index in [1.165, 1.54) is 31.0 Å². The highest BCUT2D eigenvalue weighted by atomic mass is 32.2. The molecular weight excluding hydrogens is 430 g/mol. The van der Waals surface area contributed by atoms with E-state index in [1.54, 1.807) is 42.5 Å². The maximum Gasteiger partial charge on any atom is 0.282 e. The number of aryl methyl sites for hydroxylation is 1. The van der Waals surface area contributed by atoms with Crippen LogP contribution in [-0.2, 0) is 10.0 Å². The maximum atomic E-state index is 13.0. The third kappa shape index (κ3) is 4.47. The van der Waals surface area contributed by atoms with Crippen LogP contribution in [0, 0.1) is 6.92 Å². The number of fused-ring (bicyclic) bond motifs is 1. The van der Waals surface area contributed by atoms with E-state index >= 15 is 0 Å². The largest absolute Gasteiger partial charge is 0.497 e. The number of hydrogen-bond donors (Lipinski definition) is 0. The van der Waals surface area contributed by atoms with E-state index < -0.39 is 10.0 Å². The fourth-order valence-corrected chi connectivity index (χ4v) is 5.01. The average molecular weight is 450 g/mol. The van der Waals surface area contributed by atoms with E-state index in [0.29, 0.717) is 21.8 Å². The zero-order chi connectivity index (χ0) is 22.0. The van der Waals surface area contributed by atoms with Crippen LogP contribution in [0.15, 0.2) is 98.0 Å². The Hall–Kier alpha value is -3.16.